The number of carbonyl (C=O) groups is 1. The van der Waals surface area contributed by atoms with Gasteiger partial charge in [-0.3, -0.25) is 9.69 Å². The molecule has 0 bridgehead atoms. The van der Waals surface area contributed by atoms with Crippen LogP contribution in [0.3, 0.4) is 0 Å². The molecule has 134 valence electrons. The topological polar surface area (TPSA) is 49.6 Å². The van der Waals surface area contributed by atoms with Crippen molar-refractivity contribution < 1.29 is 4.79 Å². The molecule has 2 aromatic heterocycles. The van der Waals surface area contributed by atoms with Crippen molar-refractivity contribution in [2.24, 2.45) is 0 Å². The van der Waals surface area contributed by atoms with Gasteiger partial charge in [-0.25, -0.2) is 4.98 Å². The second kappa shape index (κ2) is 7.48. The zero-order valence-electron chi connectivity index (χ0n) is 14.4. The van der Waals surface area contributed by atoms with Gasteiger partial charge < -0.3 is 9.72 Å². The number of pyridine rings is 1. The molecular weight excluding hydrogens is 348 g/mol. The first-order valence-electron chi connectivity index (χ1n) is 8.92. The number of halogens is 1. The molecule has 0 unspecified atom stereocenters. The molecule has 1 aromatic carbocycles. The summed E-state index contributed by atoms with van der Waals surface area (Å²) in [4.78, 5) is 19.3. The van der Waals surface area contributed by atoms with Crippen LogP contribution in [0.25, 0.3) is 5.65 Å². The Morgan fingerprint density at radius 3 is 2.81 bits per heavy atom. The Balaban J connectivity index is 1.52. The van der Waals surface area contributed by atoms with Gasteiger partial charge >= 0.3 is 0 Å². The van der Waals surface area contributed by atoms with E-state index in [1.165, 1.54) is 12.8 Å². The lowest BCUT2D eigenvalue weighted by atomic mass is 10.1. The molecule has 0 saturated carbocycles. The summed E-state index contributed by atoms with van der Waals surface area (Å²) < 4.78 is 1.85. The molecule has 26 heavy (non-hydrogen) atoms. The van der Waals surface area contributed by atoms with E-state index in [0.29, 0.717) is 12.1 Å². The summed E-state index contributed by atoms with van der Waals surface area (Å²) in [7, 11) is 0. The monoisotopic (exact) mass is 368 g/mol. The van der Waals surface area contributed by atoms with Gasteiger partial charge in [-0.2, -0.15) is 0 Å². The van der Waals surface area contributed by atoms with Crippen LogP contribution in [-0.4, -0.2) is 39.8 Å². The molecule has 1 aliphatic heterocycles. The van der Waals surface area contributed by atoms with Gasteiger partial charge in [0, 0.05) is 30.2 Å². The number of nitrogens with zero attached hydrogens (tertiary/aromatic N) is 3. The highest BCUT2D eigenvalue weighted by atomic mass is 35.5. The van der Waals surface area contributed by atoms with Crippen LogP contribution in [-0.2, 0) is 0 Å². The standard InChI is InChI=1S/C20H21ClN4O/c21-17-6-2-1-5-16(17)18(24-10-3-4-11-24)13-23-20(26)15-7-8-19-22-9-12-25(19)14-15/h1-2,5-9,12,14,18H,3-4,10-11,13H2,(H,23,26)/t18-/m0/s1. The lowest BCUT2D eigenvalue weighted by Gasteiger charge is -2.29. The van der Waals surface area contributed by atoms with Gasteiger partial charge in [0.2, 0.25) is 0 Å². The van der Waals surface area contributed by atoms with Crippen LogP contribution in [0.1, 0.15) is 34.8 Å². The van der Waals surface area contributed by atoms with Crippen LogP contribution in [0.2, 0.25) is 5.02 Å². The highest BCUT2D eigenvalue weighted by Gasteiger charge is 2.25. The Labute approximate surface area is 157 Å². The maximum absolute atomic E-state index is 12.6. The van der Waals surface area contributed by atoms with Crippen molar-refractivity contribution in [3.8, 4) is 0 Å². The molecule has 1 fully saturated rings. The number of likely N-dealkylation sites (tertiary alicyclic amines) is 1. The summed E-state index contributed by atoms with van der Waals surface area (Å²) >= 11 is 6.43. The molecule has 1 saturated heterocycles. The summed E-state index contributed by atoms with van der Waals surface area (Å²) in [5.41, 5.74) is 2.52. The lowest BCUT2D eigenvalue weighted by molar-refractivity contribution is 0.0937. The number of nitrogens with one attached hydrogen (secondary N) is 1. The second-order valence-electron chi connectivity index (χ2n) is 6.60. The Kier molecular flexibility index (Phi) is 4.91. The number of rotatable bonds is 5. The van der Waals surface area contributed by atoms with Crippen molar-refractivity contribution in [1.82, 2.24) is 19.6 Å². The van der Waals surface area contributed by atoms with Crippen LogP contribution in [0.5, 0.6) is 0 Å². The molecule has 1 atom stereocenters. The Hall–Kier alpha value is -2.37. The molecule has 0 radical (unpaired) electrons. The van der Waals surface area contributed by atoms with Crippen molar-refractivity contribution in [3.05, 3.63) is 71.1 Å². The Morgan fingerprint density at radius 1 is 1.19 bits per heavy atom. The van der Waals surface area contributed by atoms with Crippen molar-refractivity contribution in [2.75, 3.05) is 19.6 Å². The van der Waals surface area contributed by atoms with Crippen molar-refractivity contribution in [3.63, 3.8) is 0 Å². The molecule has 0 spiro atoms. The van der Waals surface area contributed by atoms with Crippen molar-refractivity contribution in [1.29, 1.82) is 0 Å². The highest BCUT2D eigenvalue weighted by molar-refractivity contribution is 6.31. The largest absolute Gasteiger partial charge is 0.350 e. The number of carbonyl (C=O) groups excluding carboxylic acids is 1. The number of imidazole rings is 1. The first-order valence-corrected chi connectivity index (χ1v) is 9.29. The molecule has 1 N–H and O–H groups in total. The molecule has 6 heteroatoms. The summed E-state index contributed by atoms with van der Waals surface area (Å²) in [5, 5.41) is 3.83. The highest BCUT2D eigenvalue weighted by Crippen LogP contribution is 2.29. The maximum Gasteiger partial charge on any atom is 0.252 e. The molecule has 3 aromatic rings. The first-order chi connectivity index (χ1) is 12.7. The van der Waals surface area contributed by atoms with E-state index < -0.39 is 0 Å². The molecule has 1 aliphatic rings. The minimum Gasteiger partial charge on any atom is -0.350 e. The second-order valence-corrected chi connectivity index (χ2v) is 7.01. The normalized spacial score (nSPS) is 16.0. The average Bonchev–Trinajstić information content (AvgIpc) is 3.34. The van der Waals surface area contributed by atoms with Gasteiger partial charge in [-0.1, -0.05) is 29.8 Å². The van der Waals surface area contributed by atoms with Crippen molar-refractivity contribution in [2.45, 2.75) is 18.9 Å². The zero-order valence-corrected chi connectivity index (χ0v) is 15.2. The Bertz CT molecular complexity index is 917. The van der Waals surface area contributed by atoms with Crippen LogP contribution in [0.15, 0.2) is 55.0 Å². The van der Waals surface area contributed by atoms with E-state index >= 15 is 0 Å². The van der Waals surface area contributed by atoms with Crippen LogP contribution >= 0.6 is 11.6 Å². The minimum atomic E-state index is -0.0862. The van der Waals surface area contributed by atoms with Gasteiger partial charge in [0.15, 0.2) is 0 Å². The van der Waals surface area contributed by atoms with Gasteiger partial charge in [-0.05, 0) is 49.7 Å². The van der Waals surface area contributed by atoms with E-state index in [1.807, 2.05) is 34.9 Å². The van der Waals surface area contributed by atoms with E-state index in [4.69, 9.17) is 11.6 Å². The summed E-state index contributed by atoms with van der Waals surface area (Å²) in [6.07, 6.45) is 7.73. The summed E-state index contributed by atoms with van der Waals surface area (Å²) in [6.45, 7) is 2.60. The first kappa shape index (κ1) is 17.1. The zero-order chi connectivity index (χ0) is 17.9. The van der Waals surface area contributed by atoms with Gasteiger partial charge in [0.05, 0.1) is 11.6 Å². The smallest absolute Gasteiger partial charge is 0.252 e. The van der Waals surface area contributed by atoms with Crippen LogP contribution in [0.4, 0.5) is 0 Å². The number of aromatic nitrogens is 2. The van der Waals surface area contributed by atoms with Crippen LogP contribution < -0.4 is 5.32 Å². The third kappa shape index (κ3) is 3.45. The number of hydrogen-bond donors (Lipinski definition) is 1. The van der Waals surface area contributed by atoms with E-state index in [9.17, 15) is 4.79 Å². The fraction of sp³-hybridized carbons (Fsp3) is 0.300. The summed E-state index contributed by atoms with van der Waals surface area (Å²) in [5.74, 6) is -0.0862. The lowest BCUT2D eigenvalue weighted by Crippen LogP contribution is -2.37. The maximum atomic E-state index is 12.6. The predicted octanol–water partition coefficient (Wildman–Crippen LogP) is 3.55. The number of fused-ring (bicyclic) bond motifs is 1. The van der Waals surface area contributed by atoms with Crippen molar-refractivity contribution >= 4 is 23.2 Å². The quantitative estimate of drug-likeness (QED) is 0.749. The van der Waals surface area contributed by atoms with Crippen LogP contribution in [0, 0.1) is 0 Å². The third-order valence-corrected chi connectivity index (χ3v) is 5.30. The average molecular weight is 369 g/mol. The van der Waals surface area contributed by atoms with E-state index in [0.717, 1.165) is 29.3 Å². The molecular formula is C20H21ClN4O. The SMILES string of the molecule is O=C(NC[C@@H](c1ccccc1Cl)N1CCCC1)c1ccc2nccn2c1. The van der Waals surface area contributed by atoms with Gasteiger partial charge in [0.25, 0.3) is 5.91 Å². The molecule has 1 amide bonds. The van der Waals surface area contributed by atoms with E-state index in [2.05, 4.69) is 21.3 Å². The van der Waals surface area contributed by atoms with Gasteiger partial charge in [-0.15, -0.1) is 0 Å². The molecule has 3 heterocycles. The minimum absolute atomic E-state index is 0.0862. The Morgan fingerprint density at radius 2 is 2.00 bits per heavy atom. The molecule has 5 nitrogen and oxygen atoms in total. The third-order valence-electron chi connectivity index (χ3n) is 4.95. The number of amides is 1. The predicted molar refractivity (Wildman–Crippen MR) is 103 cm³/mol. The molecule has 4 rings (SSSR count). The number of hydrogen-bond acceptors (Lipinski definition) is 3. The van der Waals surface area contributed by atoms with E-state index in [-0.39, 0.29) is 11.9 Å². The van der Waals surface area contributed by atoms with Gasteiger partial charge in [0.1, 0.15) is 5.65 Å². The fourth-order valence-electron chi connectivity index (χ4n) is 3.58. The fourth-order valence-corrected chi connectivity index (χ4v) is 3.84. The molecule has 0 aliphatic carbocycles. The van der Waals surface area contributed by atoms with E-state index in [1.54, 1.807) is 18.5 Å². The number of benzene rings is 1. The summed E-state index contributed by atoms with van der Waals surface area (Å²) in [6, 6.07) is 11.6.